The van der Waals surface area contributed by atoms with E-state index in [9.17, 15) is 0 Å². The molecule has 0 amide bonds. The highest BCUT2D eigenvalue weighted by Gasteiger charge is 2.01. The summed E-state index contributed by atoms with van der Waals surface area (Å²) in [6, 6.07) is 9.43. The molecule has 0 saturated heterocycles. The van der Waals surface area contributed by atoms with E-state index in [-0.39, 0.29) is 0 Å². The molecule has 1 N–H and O–H groups in total. The number of aryl methyl sites for hydroxylation is 1. The first-order valence-electron chi connectivity index (χ1n) is 5.25. The molecule has 0 spiro atoms. The van der Waals surface area contributed by atoms with Crippen molar-refractivity contribution in [1.82, 2.24) is 4.98 Å². The Balaban J connectivity index is 2.07. The molecule has 0 aliphatic heterocycles. The third-order valence-electron chi connectivity index (χ3n) is 2.39. The van der Waals surface area contributed by atoms with Gasteiger partial charge in [-0.25, -0.2) is 4.98 Å². The Bertz CT molecular complexity index is 527. The molecule has 0 fully saturated rings. The second kappa shape index (κ2) is 5.39. The number of anilines is 1. The van der Waals surface area contributed by atoms with Crippen LogP contribution in [0.15, 0.2) is 36.5 Å². The summed E-state index contributed by atoms with van der Waals surface area (Å²) < 4.78 is 0. The van der Waals surface area contributed by atoms with Gasteiger partial charge in [0.1, 0.15) is 5.82 Å². The molecular weight excluding hydrogens is 255 g/mol. The van der Waals surface area contributed by atoms with Gasteiger partial charge in [-0.1, -0.05) is 29.3 Å². The van der Waals surface area contributed by atoms with Crippen LogP contribution in [0.2, 0.25) is 10.0 Å². The van der Waals surface area contributed by atoms with Crippen molar-refractivity contribution in [3.05, 3.63) is 57.7 Å². The van der Waals surface area contributed by atoms with E-state index in [4.69, 9.17) is 23.2 Å². The first-order chi connectivity index (χ1) is 8.15. The highest BCUT2D eigenvalue weighted by Crippen LogP contribution is 2.21. The van der Waals surface area contributed by atoms with Crippen LogP contribution in [-0.4, -0.2) is 4.98 Å². The molecule has 1 aromatic heterocycles. The summed E-state index contributed by atoms with van der Waals surface area (Å²) in [5.41, 5.74) is 2.17. The van der Waals surface area contributed by atoms with E-state index < -0.39 is 0 Å². The van der Waals surface area contributed by atoms with E-state index in [1.165, 1.54) is 5.56 Å². The smallest absolute Gasteiger partial charge is 0.126 e. The van der Waals surface area contributed by atoms with Crippen molar-refractivity contribution in [2.24, 2.45) is 0 Å². The number of hydrogen-bond acceptors (Lipinski definition) is 2. The van der Waals surface area contributed by atoms with Crippen molar-refractivity contribution in [3.63, 3.8) is 0 Å². The molecule has 2 nitrogen and oxygen atoms in total. The van der Waals surface area contributed by atoms with Gasteiger partial charge >= 0.3 is 0 Å². The quantitative estimate of drug-likeness (QED) is 0.896. The number of pyridine rings is 1. The topological polar surface area (TPSA) is 24.9 Å². The summed E-state index contributed by atoms with van der Waals surface area (Å²) in [5, 5.41) is 4.53. The highest BCUT2D eigenvalue weighted by molar-refractivity contribution is 6.35. The SMILES string of the molecule is Cc1ccnc(NCc2ccc(Cl)cc2Cl)c1. The normalized spacial score (nSPS) is 10.3. The first kappa shape index (κ1) is 12.2. The fraction of sp³-hybridized carbons (Fsp3) is 0.154. The summed E-state index contributed by atoms with van der Waals surface area (Å²) in [7, 11) is 0. The van der Waals surface area contributed by atoms with Crippen molar-refractivity contribution < 1.29 is 0 Å². The predicted octanol–water partition coefficient (Wildman–Crippen LogP) is 4.31. The van der Waals surface area contributed by atoms with Gasteiger partial charge < -0.3 is 5.32 Å². The number of rotatable bonds is 3. The Labute approximate surface area is 111 Å². The van der Waals surface area contributed by atoms with Gasteiger partial charge in [-0.15, -0.1) is 0 Å². The fourth-order valence-electron chi connectivity index (χ4n) is 1.48. The Kier molecular flexibility index (Phi) is 3.87. The molecule has 1 heterocycles. The maximum atomic E-state index is 6.08. The van der Waals surface area contributed by atoms with Crippen molar-refractivity contribution in [2.75, 3.05) is 5.32 Å². The average molecular weight is 267 g/mol. The van der Waals surface area contributed by atoms with Gasteiger partial charge in [0.25, 0.3) is 0 Å². The molecular formula is C13H12Cl2N2. The number of nitrogens with zero attached hydrogens (tertiary/aromatic N) is 1. The van der Waals surface area contributed by atoms with Crippen LogP contribution < -0.4 is 5.32 Å². The summed E-state index contributed by atoms with van der Waals surface area (Å²) >= 11 is 11.9. The number of aromatic nitrogens is 1. The van der Waals surface area contributed by atoms with Crippen LogP contribution in [0.25, 0.3) is 0 Å². The second-order valence-electron chi connectivity index (χ2n) is 3.81. The number of halogens is 2. The highest BCUT2D eigenvalue weighted by atomic mass is 35.5. The minimum absolute atomic E-state index is 0.631. The monoisotopic (exact) mass is 266 g/mol. The van der Waals surface area contributed by atoms with Gasteiger partial charge in [0.2, 0.25) is 0 Å². The summed E-state index contributed by atoms with van der Waals surface area (Å²) in [6.07, 6.45) is 1.78. The Morgan fingerprint density at radius 1 is 1.18 bits per heavy atom. The number of benzene rings is 1. The third kappa shape index (κ3) is 3.35. The Hall–Kier alpha value is -1.25. The molecule has 0 saturated carbocycles. The van der Waals surface area contributed by atoms with Gasteiger partial charge in [0, 0.05) is 22.8 Å². The lowest BCUT2D eigenvalue weighted by atomic mass is 10.2. The van der Waals surface area contributed by atoms with Crippen LogP contribution >= 0.6 is 23.2 Å². The maximum absolute atomic E-state index is 6.08. The maximum Gasteiger partial charge on any atom is 0.126 e. The van der Waals surface area contributed by atoms with Gasteiger partial charge in [-0.05, 0) is 42.3 Å². The minimum Gasteiger partial charge on any atom is -0.366 e. The van der Waals surface area contributed by atoms with E-state index in [0.717, 1.165) is 11.4 Å². The van der Waals surface area contributed by atoms with Crippen LogP contribution in [0.5, 0.6) is 0 Å². The van der Waals surface area contributed by atoms with E-state index in [2.05, 4.69) is 10.3 Å². The average Bonchev–Trinajstić information content (AvgIpc) is 2.28. The van der Waals surface area contributed by atoms with Crippen molar-refractivity contribution in [2.45, 2.75) is 13.5 Å². The summed E-state index contributed by atoms with van der Waals surface area (Å²) in [6.45, 7) is 2.66. The Morgan fingerprint density at radius 2 is 2.00 bits per heavy atom. The summed E-state index contributed by atoms with van der Waals surface area (Å²) in [4.78, 5) is 4.22. The summed E-state index contributed by atoms with van der Waals surface area (Å²) in [5.74, 6) is 0.844. The molecule has 1 aromatic carbocycles. The number of hydrogen-bond donors (Lipinski definition) is 1. The lowest BCUT2D eigenvalue weighted by Gasteiger charge is -2.08. The third-order valence-corrected chi connectivity index (χ3v) is 2.98. The molecule has 2 aromatic rings. The zero-order valence-corrected chi connectivity index (χ0v) is 10.9. The zero-order valence-electron chi connectivity index (χ0n) is 9.37. The molecule has 0 radical (unpaired) electrons. The minimum atomic E-state index is 0.631. The van der Waals surface area contributed by atoms with E-state index in [1.807, 2.05) is 31.2 Å². The van der Waals surface area contributed by atoms with Crippen LogP contribution in [0.4, 0.5) is 5.82 Å². The van der Waals surface area contributed by atoms with Gasteiger partial charge in [0.15, 0.2) is 0 Å². The molecule has 4 heteroatoms. The first-order valence-corrected chi connectivity index (χ1v) is 6.01. The molecule has 0 aliphatic carbocycles. The van der Waals surface area contributed by atoms with Crippen LogP contribution in [0.3, 0.4) is 0 Å². The van der Waals surface area contributed by atoms with Crippen molar-refractivity contribution >= 4 is 29.0 Å². The molecule has 88 valence electrons. The lowest BCUT2D eigenvalue weighted by molar-refractivity contribution is 1.11. The van der Waals surface area contributed by atoms with E-state index in [1.54, 1.807) is 12.3 Å². The van der Waals surface area contributed by atoms with Crippen molar-refractivity contribution in [1.29, 1.82) is 0 Å². The predicted molar refractivity (Wildman–Crippen MR) is 72.8 cm³/mol. The molecule has 0 bridgehead atoms. The van der Waals surface area contributed by atoms with E-state index in [0.29, 0.717) is 16.6 Å². The second-order valence-corrected chi connectivity index (χ2v) is 4.65. The zero-order chi connectivity index (χ0) is 12.3. The largest absolute Gasteiger partial charge is 0.366 e. The lowest BCUT2D eigenvalue weighted by Crippen LogP contribution is -2.01. The molecule has 17 heavy (non-hydrogen) atoms. The van der Waals surface area contributed by atoms with Gasteiger partial charge in [-0.3, -0.25) is 0 Å². The van der Waals surface area contributed by atoms with E-state index >= 15 is 0 Å². The molecule has 0 unspecified atom stereocenters. The van der Waals surface area contributed by atoms with Gasteiger partial charge in [-0.2, -0.15) is 0 Å². The van der Waals surface area contributed by atoms with Crippen LogP contribution in [0.1, 0.15) is 11.1 Å². The van der Waals surface area contributed by atoms with Crippen LogP contribution in [-0.2, 0) is 6.54 Å². The standard InChI is InChI=1S/C13H12Cl2N2/c1-9-4-5-16-13(6-9)17-8-10-2-3-11(14)7-12(10)15/h2-7H,8H2,1H3,(H,16,17). The molecule has 0 atom stereocenters. The van der Waals surface area contributed by atoms with Gasteiger partial charge in [0.05, 0.1) is 0 Å². The Morgan fingerprint density at radius 3 is 2.71 bits per heavy atom. The molecule has 0 aliphatic rings. The molecule has 2 rings (SSSR count). The number of nitrogens with one attached hydrogen (secondary N) is 1. The van der Waals surface area contributed by atoms with Crippen LogP contribution in [0, 0.1) is 6.92 Å². The fourth-order valence-corrected chi connectivity index (χ4v) is 1.96. The van der Waals surface area contributed by atoms with Crippen molar-refractivity contribution in [3.8, 4) is 0 Å².